The van der Waals surface area contributed by atoms with Crippen molar-refractivity contribution in [3.8, 4) is 0 Å². The summed E-state index contributed by atoms with van der Waals surface area (Å²) in [6.45, 7) is 1.65. The second-order valence-corrected chi connectivity index (χ2v) is 4.53. The van der Waals surface area contributed by atoms with E-state index in [-0.39, 0.29) is 11.6 Å². The highest BCUT2D eigenvalue weighted by atomic mass is 32.1. The number of hydrogen-bond acceptors (Lipinski definition) is 6. The smallest absolute Gasteiger partial charge is 0.194 e. The second-order valence-electron chi connectivity index (χ2n) is 3.77. The fourth-order valence-corrected chi connectivity index (χ4v) is 2.41. The maximum absolute atomic E-state index is 12.0. The maximum atomic E-state index is 12.0. The topological polar surface area (TPSA) is 77.0 Å². The average Bonchev–Trinajstić information content (AvgIpc) is 2.64. The molecule has 6 heteroatoms. The summed E-state index contributed by atoms with van der Waals surface area (Å²) in [6, 6.07) is 0. The van der Waals surface area contributed by atoms with Crippen molar-refractivity contribution in [1.82, 2.24) is 9.59 Å². The van der Waals surface area contributed by atoms with Gasteiger partial charge in [-0.1, -0.05) is 4.49 Å². The molecule has 84 valence electrons. The molecule has 0 bridgehead atoms. The van der Waals surface area contributed by atoms with Crippen molar-refractivity contribution in [3.05, 3.63) is 10.6 Å². The van der Waals surface area contributed by atoms with E-state index in [0.29, 0.717) is 29.8 Å². The molecular formula is C10H10N2O3S. The first-order chi connectivity index (χ1) is 7.61. The SMILES string of the molecule is Cc1nnsc1C(=O)C1C(=O)CCCC1=O. The molecule has 0 unspecified atom stereocenters. The molecule has 0 atom stereocenters. The molecular weight excluding hydrogens is 228 g/mol. The number of aromatic nitrogens is 2. The third-order valence-electron chi connectivity index (χ3n) is 2.63. The Kier molecular flexibility index (Phi) is 2.91. The number of hydrogen-bond donors (Lipinski definition) is 0. The molecule has 0 saturated heterocycles. The van der Waals surface area contributed by atoms with Gasteiger partial charge in [-0.15, -0.1) is 5.10 Å². The van der Waals surface area contributed by atoms with Crippen molar-refractivity contribution in [3.63, 3.8) is 0 Å². The number of Topliss-reactive ketones (excluding diaryl/α,β-unsaturated/α-hetero) is 3. The summed E-state index contributed by atoms with van der Waals surface area (Å²) in [5, 5.41) is 3.71. The van der Waals surface area contributed by atoms with Crippen LogP contribution >= 0.6 is 11.5 Å². The molecule has 1 saturated carbocycles. The van der Waals surface area contributed by atoms with Gasteiger partial charge in [0.25, 0.3) is 0 Å². The number of nitrogens with zero attached hydrogens (tertiary/aromatic N) is 2. The summed E-state index contributed by atoms with van der Waals surface area (Å²) in [6.07, 6.45) is 1.18. The van der Waals surface area contributed by atoms with Crippen LogP contribution in [0, 0.1) is 12.8 Å². The molecule has 0 aliphatic heterocycles. The summed E-state index contributed by atoms with van der Waals surface area (Å²) in [5.41, 5.74) is 0.487. The first-order valence-corrected chi connectivity index (χ1v) is 5.77. The molecule has 16 heavy (non-hydrogen) atoms. The highest BCUT2D eigenvalue weighted by Gasteiger charge is 2.37. The third kappa shape index (κ3) is 1.80. The normalized spacial score (nSPS) is 17.8. The minimum absolute atomic E-state index is 0.269. The van der Waals surface area contributed by atoms with Crippen LogP contribution < -0.4 is 0 Å². The Morgan fingerprint density at radius 2 is 1.94 bits per heavy atom. The largest absolute Gasteiger partial charge is 0.298 e. The summed E-state index contributed by atoms with van der Waals surface area (Å²) in [7, 11) is 0. The predicted octanol–water partition coefficient (Wildman–Crippen LogP) is 0.968. The molecule has 1 aliphatic rings. The van der Waals surface area contributed by atoms with E-state index in [1.54, 1.807) is 6.92 Å². The van der Waals surface area contributed by atoms with Gasteiger partial charge in [-0.2, -0.15) is 0 Å². The van der Waals surface area contributed by atoms with Crippen molar-refractivity contribution in [2.24, 2.45) is 5.92 Å². The van der Waals surface area contributed by atoms with Gasteiger partial charge in [-0.25, -0.2) is 0 Å². The van der Waals surface area contributed by atoms with Crippen LogP contribution in [-0.2, 0) is 9.59 Å². The van der Waals surface area contributed by atoms with Gasteiger partial charge in [0.1, 0.15) is 10.8 Å². The van der Waals surface area contributed by atoms with Crippen molar-refractivity contribution in [2.75, 3.05) is 0 Å². The van der Waals surface area contributed by atoms with Gasteiger partial charge in [0.15, 0.2) is 17.3 Å². The first kappa shape index (κ1) is 11.1. The molecule has 0 N–H and O–H groups in total. The lowest BCUT2D eigenvalue weighted by atomic mass is 9.83. The van der Waals surface area contributed by atoms with E-state index in [1.807, 2.05) is 0 Å². The second kappa shape index (κ2) is 4.21. The molecule has 1 aromatic heterocycles. The lowest BCUT2D eigenvalue weighted by Crippen LogP contribution is -2.35. The fourth-order valence-electron chi connectivity index (χ4n) is 1.79. The summed E-state index contributed by atoms with van der Waals surface area (Å²) in [5.74, 6) is -2.07. The van der Waals surface area contributed by atoms with Crippen molar-refractivity contribution < 1.29 is 14.4 Å². The van der Waals surface area contributed by atoms with Crippen LogP contribution in [0.1, 0.15) is 34.6 Å². The van der Waals surface area contributed by atoms with Crippen LogP contribution in [0.15, 0.2) is 0 Å². The number of ketones is 3. The lowest BCUT2D eigenvalue weighted by molar-refractivity contribution is -0.133. The zero-order chi connectivity index (χ0) is 11.7. The van der Waals surface area contributed by atoms with E-state index in [1.165, 1.54) is 0 Å². The molecule has 1 heterocycles. The Morgan fingerprint density at radius 3 is 2.44 bits per heavy atom. The van der Waals surface area contributed by atoms with Gasteiger partial charge in [0.05, 0.1) is 5.69 Å². The number of aryl methyl sites for hydroxylation is 1. The molecule has 0 aromatic carbocycles. The van der Waals surface area contributed by atoms with Gasteiger partial charge < -0.3 is 0 Å². The summed E-state index contributed by atoms with van der Waals surface area (Å²) >= 11 is 0.940. The maximum Gasteiger partial charge on any atom is 0.194 e. The van der Waals surface area contributed by atoms with Crippen molar-refractivity contribution >= 4 is 28.9 Å². The van der Waals surface area contributed by atoms with Gasteiger partial charge >= 0.3 is 0 Å². The average molecular weight is 238 g/mol. The fraction of sp³-hybridized carbons (Fsp3) is 0.500. The molecule has 2 rings (SSSR count). The predicted molar refractivity (Wildman–Crippen MR) is 56.3 cm³/mol. The molecule has 1 aromatic rings. The zero-order valence-electron chi connectivity index (χ0n) is 8.73. The molecule has 0 radical (unpaired) electrons. The lowest BCUT2D eigenvalue weighted by Gasteiger charge is -2.17. The summed E-state index contributed by atoms with van der Waals surface area (Å²) in [4.78, 5) is 35.5. The minimum Gasteiger partial charge on any atom is -0.298 e. The van der Waals surface area contributed by atoms with Crippen molar-refractivity contribution in [1.29, 1.82) is 0 Å². The van der Waals surface area contributed by atoms with Crippen LogP contribution in [0.5, 0.6) is 0 Å². The van der Waals surface area contributed by atoms with Crippen LogP contribution in [0.4, 0.5) is 0 Å². The van der Waals surface area contributed by atoms with E-state index in [9.17, 15) is 14.4 Å². The van der Waals surface area contributed by atoms with Crippen LogP contribution in [0.2, 0.25) is 0 Å². The van der Waals surface area contributed by atoms with E-state index in [0.717, 1.165) is 11.5 Å². The monoisotopic (exact) mass is 238 g/mol. The number of carbonyl (C=O) groups excluding carboxylic acids is 3. The highest BCUT2D eigenvalue weighted by Crippen LogP contribution is 2.23. The molecule has 0 amide bonds. The van der Waals surface area contributed by atoms with Crippen LogP contribution in [-0.4, -0.2) is 26.9 Å². The van der Waals surface area contributed by atoms with Gasteiger partial charge in [0, 0.05) is 12.8 Å². The van der Waals surface area contributed by atoms with Crippen LogP contribution in [0.25, 0.3) is 0 Å². The standard InChI is InChI=1S/C10H10N2O3S/c1-5-10(16-12-11-5)9(15)8-6(13)3-2-4-7(8)14/h8H,2-4H2,1H3. The van der Waals surface area contributed by atoms with E-state index in [2.05, 4.69) is 9.59 Å². The van der Waals surface area contributed by atoms with E-state index >= 15 is 0 Å². The Hall–Kier alpha value is -1.43. The van der Waals surface area contributed by atoms with Gasteiger partial charge in [0.2, 0.25) is 0 Å². The summed E-state index contributed by atoms with van der Waals surface area (Å²) < 4.78 is 3.64. The minimum atomic E-state index is -1.10. The first-order valence-electron chi connectivity index (χ1n) is 5.00. The van der Waals surface area contributed by atoms with E-state index in [4.69, 9.17) is 0 Å². The number of rotatable bonds is 2. The number of carbonyl (C=O) groups is 3. The van der Waals surface area contributed by atoms with E-state index < -0.39 is 11.7 Å². The Labute approximate surface area is 96.0 Å². The Bertz CT molecular complexity index is 450. The van der Waals surface area contributed by atoms with Crippen molar-refractivity contribution in [2.45, 2.75) is 26.2 Å². The highest BCUT2D eigenvalue weighted by molar-refractivity contribution is 7.08. The Balaban J connectivity index is 2.30. The van der Waals surface area contributed by atoms with Crippen LogP contribution in [0.3, 0.4) is 0 Å². The molecule has 0 spiro atoms. The quantitative estimate of drug-likeness (QED) is 0.566. The Morgan fingerprint density at radius 1 is 1.31 bits per heavy atom. The van der Waals surface area contributed by atoms with Gasteiger partial charge in [-0.3, -0.25) is 14.4 Å². The zero-order valence-corrected chi connectivity index (χ0v) is 9.54. The molecule has 1 fully saturated rings. The molecule has 5 nitrogen and oxygen atoms in total. The third-order valence-corrected chi connectivity index (χ3v) is 3.47. The molecule has 1 aliphatic carbocycles. The van der Waals surface area contributed by atoms with Gasteiger partial charge in [-0.05, 0) is 24.9 Å².